The maximum Gasteiger partial charge on any atom is 0.127 e. The minimum atomic E-state index is -0.854. The third kappa shape index (κ3) is 3.33. The Morgan fingerprint density at radius 2 is 2.06 bits per heavy atom. The predicted octanol–water partition coefficient (Wildman–Crippen LogP) is 4.31. The summed E-state index contributed by atoms with van der Waals surface area (Å²) in [6.07, 6.45) is 10.9. The summed E-state index contributed by atoms with van der Waals surface area (Å²) < 4.78 is 16.5. The number of nitrogens with one attached hydrogen (secondary N) is 1. The molecule has 2 aromatic heterocycles. The van der Waals surface area contributed by atoms with Crippen molar-refractivity contribution in [3.05, 3.63) is 60.6 Å². The Hall–Kier alpha value is -3.06. The van der Waals surface area contributed by atoms with Crippen molar-refractivity contribution in [2.45, 2.75) is 50.9 Å². The Morgan fingerprint density at radius 1 is 1.23 bits per heavy atom. The molecule has 1 aromatic carbocycles. The Balaban J connectivity index is 1.41. The lowest BCUT2D eigenvalue weighted by Crippen LogP contribution is -2.57. The van der Waals surface area contributed by atoms with Gasteiger partial charge in [0.05, 0.1) is 41.3 Å². The quantitative estimate of drug-likeness (QED) is 0.662. The van der Waals surface area contributed by atoms with Crippen LogP contribution < -0.4 is 5.32 Å². The maximum absolute atomic E-state index is 14.6. The van der Waals surface area contributed by atoms with E-state index in [4.69, 9.17) is 0 Å². The normalized spacial score (nSPS) is 31.3. The van der Waals surface area contributed by atoms with E-state index in [1.807, 2.05) is 35.9 Å². The smallest absolute Gasteiger partial charge is 0.127 e. The number of halogens is 1. The average molecular weight is 420 g/mol. The van der Waals surface area contributed by atoms with Crippen LogP contribution in [0.5, 0.6) is 5.75 Å². The zero-order chi connectivity index (χ0) is 21.8. The summed E-state index contributed by atoms with van der Waals surface area (Å²) in [5.74, 6) is 0.340. The Kier molecular flexibility index (Phi) is 4.48. The van der Waals surface area contributed by atoms with Gasteiger partial charge in [0.15, 0.2) is 0 Å². The number of rotatable bonds is 3. The maximum atomic E-state index is 14.6. The Morgan fingerprint density at radius 3 is 2.74 bits per heavy atom. The molecule has 0 aliphatic carbocycles. The molecule has 6 nitrogen and oxygen atoms in total. The summed E-state index contributed by atoms with van der Waals surface area (Å²) >= 11 is 0. The largest absolute Gasteiger partial charge is 0.507 e. The lowest BCUT2D eigenvalue weighted by Gasteiger charge is -2.43. The van der Waals surface area contributed by atoms with Crippen molar-refractivity contribution >= 4 is 6.08 Å². The first-order chi connectivity index (χ1) is 14.8. The highest BCUT2D eigenvalue weighted by Crippen LogP contribution is 2.49. The second-order valence-corrected chi connectivity index (χ2v) is 9.25. The summed E-state index contributed by atoms with van der Waals surface area (Å²) in [7, 11) is 0. The van der Waals surface area contributed by atoms with Crippen LogP contribution in [0.3, 0.4) is 0 Å². The van der Waals surface area contributed by atoms with Crippen molar-refractivity contribution < 1.29 is 9.50 Å². The number of phenols is 1. The highest BCUT2D eigenvalue weighted by molar-refractivity contribution is 5.68. The Bertz CT molecular complexity index is 1140. The molecule has 2 aliphatic heterocycles. The lowest BCUT2D eigenvalue weighted by molar-refractivity contribution is 0.188. The van der Waals surface area contributed by atoms with Crippen LogP contribution in [-0.4, -0.2) is 41.9 Å². The molecule has 0 saturated carbocycles. The predicted molar refractivity (Wildman–Crippen MR) is 117 cm³/mol. The average Bonchev–Trinajstić information content (AvgIpc) is 3.33. The lowest BCUT2D eigenvalue weighted by atomic mass is 9.76. The number of aromatic nitrogens is 4. The van der Waals surface area contributed by atoms with Crippen molar-refractivity contribution in [3.63, 3.8) is 0 Å². The molecular formula is C24H26FN5O. The fourth-order valence-electron chi connectivity index (χ4n) is 5.03. The summed E-state index contributed by atoms with van der Waals surface area (Å²) in [5.41, 5.74) is 3.19. The number of phenolic OH excluding ortho intramolecular Hbond substituents is 1. The minimum absolute atomic E-state index is 0.130. The van der Waals surface area contributed by atoms with Gasteiger partial charge in [-0.2, -0.15) is 0 Å². The van der Waals surface area contributed by atoms with Gasteiger partial charge in [-0.3, -0.25) is 9.97 Å². The van der Waals surface area contributed by atoms with Gasteiger partial charge in [-0.25, -0.2) is 9.37 Å². The highest BCUT2D eigenvalue weighted by atomic mass is 19.1. The molecule has 0 radical (unpaired) electrons. The van der Waals surface area contributed by atoms with Crippen LogP contribution in [-0.2, 0) is 0 Å². The van der Waals surface area contributed by atoms with Crippen LogP contribution in [0.25, 0.3) is 23.0 Å². The molecule has 0 spiro atoms. The molecule has 7 heteroatoms. The number of fused-ring (bicyclic) bond motifs is 2. The molecule has 0 amide bonds. The topological polar surface area (TPSA) is 75.9 Å². The van der Waals surface area contributed by atoms with Gasteiger partial charge in [0.1, 0.15) is 11.9 Å². The van der Waals surface area contributed by atoms with E-state index < -0.39 is 11.7 Å². The molecule has 3 aromatic rings. The number of piperidine rings is 1. The van der Waals surface area contributed by atoms with Crippen LogP contribution in [0.15, 0.2) is 54.9 Å². The first-order valence-corrected chi connectivity index (χ1v) is 10.6. The van der Waals surface area contributed by atoms with Gasteiger partial charge in [-0.15, -0.1) is 0 Å². The molecule has 31 heavy (non-hydrogen) atoms. The van der Waals surface area contributed by atoms with E-state index in [9.17, 15) is 9.50 Å². The summed E-state index contributed by atoms with van der Waals surface area (Å²) in [4.78, 5) is 13.1. The van der Waals surface area contributed by atoms with Gasteiger partial charge in [0.25, 0.3) is 0 Å². The van der Waals surface area contributed by atoms with Crippen molar-refractivity contribution in [2.75, 3.05) is 0 Å². The Labute approximate surface area is 180 Å². The second kappa shape index (κ2) is 6.99. The van der Waals surface area contributed by atoms with E-state index in [0.717, 1.165) is 11.4 Å². The van der Waals surface area contributed by atoms with E-state index in [1.54, 1.807) is 31.0 Å². The second-order valence-electron chi connectivity index (χ2n) is 9.25. The molecule has 2 aliphatic rings. The van der Waals surface area contributed by atoms with E-state index >= 15 is 0 Å². The molecule has 5 rings (SSSR count). The van der Waals surface area contributed by atoms with Crippen LogP contribution in [0.4, 0.5) is 4.39 Å². The molecule has 2 saturated heterocycles. The number of aromatic hydroxyl groups is 1. The molecular weight excluding hydrogens is 393 g/mol. The molecule has 0 unspecified atom stereocenters. The fourth-order valence-corrected chi connectivity index (χ4v) is 5.03. The number of hydrogen-bond donors (Lipinski definition) is 2. The van der Waals surface area contributed by atoms with Crippen LogP contribution in [0.2, 0.25) is 0 Å². The van der Waals surface area contributed by atoms with Gasteiger partial charge in [-0.05, 0) is 50.8 Å². The highest BCUT2D eigenvalue weighted by Gasteiger charge is 2.56. The van der Waals surface area contributed by atoms with Crippen molar-refractivity contribution in [1.29, 1.82) is 0 Å². The van der Waals surface area contributed by atoms with E-state index in [0.29, 0.717) is 24.1 Å². The minimum Gasteiger partial charge on any atom is -0.507 e. The number of hydrogen-bond acceptors (Lipinski definition) is 5. The molecule has 160 valence electrons. The fraction of sp³-hybridized carbons (Fsp3) is 0.375. The summed E-state index contributed by atoms with van der Waals surface area (Å²) in [6.45, 7) is 6.22. The van der Waals surface area contributed by atoms with Crippen LogP contribution in [0.1, 0.15) is 39.3 Å². The molecule has 4 heterocycles. The van der Waals surface area contributed by atoms with E-state index in [2.05, 4.69) is 34.1 Å². The van der Waals surface area contributed by atoms with Crippen molar-refractivity contribution in [3.8, 4) is 22.7 Å². The van der Waals surface area contributed by atoms with E-state index in [-0.39, 0.29) is 17.2 Å². The monoisotopic (exact) mass is 419 g/mol. The summed E-state index contributed by atoms with van der Waals surface area (Å²) in [5, 5.41) is 14.0. The standard InChI is InChI=1S/C24H26FN5O/c1-15-16(10-24(3)22(25)11-23(15,2)29-24)8-17-12-28-20(13-27-17)19-5-4-18(9-21(19)31)30-7-6-26-14-30/h4-9,12-15,22,29,31H,10-11H2,1-3H3/b16-8+/t15-,22-,23-,24-/m0/s1. The third-order valence-electron chi connectivity index (χ3n) is 7.01. The zero-order valence-corrected chi connectivity index (χ0v) is 17.9. The molecule has 2 N–H and O–H groups in total. The zero-order valence-electron chi connectivity index (χ0n) is 17.9. The number of benzene rings is 1. The first-order valence-electron chi connectivity index (χ1n) is 10.6. The molecule has 2 fully saturated rings. The van der Waals surface area contributed by atoms with Gasteiger partial charge in [-0.1, -0.05) is 12.5 Å². The SMILES string of the molecule is C[C@H]1/C(=C/c2cnc(-c3ccc(-n4ccnc4)cc3O)cn2)C[C@]2(C)N[C@@]1(C)C[C@@H]2F. The summed E-state index contributed by atoms with van der Waals surface area (Å²) in [6, 6.07) is 5.40. The third-order valence-corrected chi connectivity index (χ3v) is 7.01. The number of imidazole rings is 1. The number of alkyl halides is 1. The first kappa shape index (κ1) is 19.9. The van der Waals surface area contributed by atoms with Gasteiger partial charge in [0.2, 0.25) is 0 Å². The van der Waals surface area contributed by atoms with Crippen molar-refractivity contribution in [2.24, 2.45) is 5.92 Å². The van der Waals surface area contributed by atoms with Crippen LogP contribution >= 0.6 is 0 Å². The van der Waals surface area contributed by atoms with Crippen molar-refractivity contribution in [1.82, 2.24) is 24.8 Å². The van der Waals surface area contributed by atoms with Gasteiger partial charge < -0.3 is 15.0 Å². The number of nitrogens with zero attached hydrogens (tertiary/aromatic N) is 4. The van der Waals surface area contributed by atoms with Gasteiger partial charge in [0, 0.05) is 29.6 Å². The van der Waals surface area contributed by atoms with Crippen LogP contribution in [0, 0.1) is 5.92 Å². The molecule has 4 atom stereocenters. The van der Waals surface area contributed by atoms with Gasteiger partial charge >= 0.3 is 0 Å². The van der Waals surface area contributed by atoms with E-state index in [1.165, 1.54) is 5.57 Å². The molecule has 2 bridgehead atoms.